The third-order valence-corrected chi connectivity index (χ3v) is 19.3. The van der Waals surface area contributed by atoms with Crippen molar-refractivity contribution in [2.45, 2.75) is 20.8 Å². The van der Waals surface area contributed by atoms with E-state index in [0.29, 0.717) is 0 Å². The van der Waals surface area contributed by atoms with Crippen LogP contribution in [0.4, 0.5) is 0 Å². The van der Waals surface area contributed by atoms with E-state index in [-0.39, 0.29) is 0 Å². The molecule has 1 heteroatoms. The summed E-state index contributed by atoms with van der Waals surface area (Å²) in [7, 11) is 0. The molecule has 0 N–H and O–H groups in total. The first-order valence-corrected chi connectivity index (χ1v) is 14.6. The fourth-order valence-electron chi connectivity index (χ4n) is 3.23. The fraction of sp³-hybridized carbons (Fsp3) is 0.143. The van der Waals surface area contributed by atoms with Crippen LogP contribution in [0.3, 0.4) is 0 Å². The van der Waals surface area contributed by atoms with Crippen molar-refractivity contribution in [1.82, 2.24) is 0 Å². The van der Waals surface area contributed by atoms with Crippen LogP contribution in [0.5, 0.6) is 0 Å². The quantitative estimate of drug-likeness (QED) is 0.509. The molecular formula is C21H21Tl. The van der Waals surface area contributed by atoms with Gasteiger partial charge in [-0.2, -0.15) is 0 Å². The molecule has 108 valence electrons. The van der Waals surface area contributed by atoms with E-state index in [9.17, 15) is 0 Å². The molecule has 0 saturated heterocycles. The van der Waals surface area contributed by atoms with E-state index in [0.717, 1.165) is 0 Å². The first kappa shape index (κ1) is 15.5. The normalized spacial score (nSPS) is 10.5. The Kier molecular flexibility index (Phi) is 4.77. The van der Waals surface area contributed by atoms with Gasteiger partial charge in [-0.25, -0.2) is 0 Å². The van der Waals surface area contributed by atoms with Crippen LogP contribution >= 0.6 is 0 Å². The van der Waals surface area contributed by atoms with Crippen molar-refractivity contribution < 1.29 is 0 Å². The molecule has 0 aliphatic rings. The minimum absolute atomic E-state index is 1.45. The van der Waals surface area contributed by atoms with Crippen molar-refractivity contribution in [1.29, 1.82) is 0 Å². The predicted octanol–water partition coefficient (Wildman–Crippen LogP) is 3.13. The van der Waals surface area contributed by atoms with Crippen LogP contribution in [-0.2, 0) is 0 Å². The van der Waals surface area contributed by atoms with Crippen molar-refractivity contribution in [3.8, 4) is 0 Å². The maximum atomic E-state index is 2.36. The molecular weight excluding hydrogens is 457 g/mol. The van der Waals surface area contributed by atoms with Gasteiger partial charge in [-0.3, -0.25) is 0 Å². The number of hydrogen-bond donors (Lipinski definition) is 0. The molecule has 0 fully saturated rings. The summed E-state index contributed by atoms with van der Waals surface area (Å²) in [5.41, 5.74) is 4.34. The van der Waals surface area contributed by atoms with Gasteiger partial charge < -0.3 is 0 Å². The molecule has 0 unspecified atom stereocenters. The molecule has 3 aromatic carbocycles. The van der Waals surface area contributed by atoms with E-state index in [1.54, 1.807) is 9.37 Å². The molecule has 0 nitrogen and oxygen atoms in total. The van der Waals surface area contributed by atoms with Crippen LogP contribution in [0, 0.1) is 20.8 Å². The molecule has 0 heterocycles. The van der Waals surface area contributed by atoms with Crippen LogP contribution in [0.25, 0.3) is 0 Å². The fourth-order valence-corrected chi connectivity index (χ4v) is 17.1. The second-order valence-corrected chi connectivity index (χ2v) is 16.6. The summed E-state index contributed by atoms with van der Waals surface area (Å²) in [6, 6.07) is 26.9. The van der Waals surface area contributed by atoms with E-state index >= 15 is 0 Å². The summed E-state index contributed by atoms with van der Waals surface area (Å²) in [6.07, 6.45) is 0. The van der Waals surface area contributed by atoms with Gasteiger partial charge in [0.25, 0.3) is 0 Å². The van der Waals surface area contributed by atoms with Crippen molar-refractivity contribution >= 4 is 32.1 Å². The summed E-state index contributed by atoms with van der Waals surface area (Å²) >= 11 is -2.46. The zero-order chi connectivity index (χ0) is 15.5. The van der Waals surface area contributed by atoms with Crippen LogP contribution in [-0.4, -0.2) is 22.7 Å². The summed E-state index contributed by atoms with van der Waals surface area (Å²) in [5, 5.41) is 0. The third kappa shape index (κ3) is 3.02. The Labute approximate surface area is 142 Å². The van der Waals surface area contributed by atoms with Crippen molar-refractivity contribution in [2.24, 2.45) is 0 Å². The van der Waals surface area contributed by atoms with Gasteiger partial charge in [0.15, 0.2) is 0 Å². The average molecular weight is 478 g/mol. The molecule has 0 aromatic heterocycles. The molecule has 0 aliphatic carbocycles. The van der Waals surface area contributed by atoms with Crippen LogP contribution in [0.15, 0.2) is 72.8 Å². The summed E-state index contributed by atoms with van der Waals surface area (Å²) in [6.45, 7) is 6.79. The molecule has 3 aromatic rings. The summed E-state index contributed by atoms with van der Waals surface area (Å²) in [5.74, 6) is 0. The SMILES string of the molecule is Cc1cccc[c]1[Tl]([c]1ccccc1C)[c]1ccccc1C. The Morgan fingerprint density at radius 1 is 0.455 bits per heavy atom. The molecule has 22 heavy (non-hydrogen) atoms. The Balaban J connectivity index is 2.27. The van der Waals surface area contributed by atoms with Crippen LogP contribution in [0.2, 0.25) is 0 Å². The molecule has 0 atom stereocenters. The molecule has 0 aliphatic heterocycles. The summed E-state index contributed by atoms with van der Waals surface area (Å²) < 4.78 is 4.85. The van der Waals surface area contributed by atoms with E-state index in [4.69, 9.17) is 0 Å². The van der Waals surface area contributed by atoms with Gasteiger partial charge in [0.05, 0.1) is 0 Å². The molecule has 0 saturated carbocycles. The Hall–Kier alpha value is -1.42. The Bertz CT molecular complexity index is 681. The second-order valence-electron chi connectivity index (χ2n) is 6.00. The van der Waals surface area contributed by atoms with Crippen molar-refractivity contribution in [3.05, 3.63) is 89.5 Å². The monoisotopic (exact) mass is 478 g/mol. The average Bonchev–Trinajstić information content (AvgIpc) is 2.53. The van der Waals surface area contributed by atoms with Crippen LogP contribution < -0.4 is 9.37 Å². The third-order valence-electron chi connectivity index (χ3n) is 4.50. The molecule has 0 spiro atoms. The maximum absolute atomic E-state index is 2.46. The van der Waals surface area contributed by atoms with Crippen molar-refractivity contribution in [2.75, 3.05) is 0 Å². The molecule has 3 rings (SSSR count). The van der Waals surface area contributed by atoms with Gasteiger partial charge in [0.1, 0.15) is 0 Å². The standard InChI is InChI=1S/3C7H7.Tl/c3*1-7-5-3-2-4-6-7;/h3*2-5H,1H3;. The van der Waals surface area contributed by atoms with Gasteiger partial charge in [-0.05, 0) is 0 Å². The molecule has 0 amide bonds. The second kappa shape index (κ2) is 6.78. The zero-order valence-corrected chi connectivity index (χ0v) is 18.0. The molecule has 0 radical (unpaired) electrons. The first-order chi connectivity index (χ1) is 10.7. The first-order valence-electron chi connectivity index (χ1n) is 7.85. The van der Waals surface area contributed by atoms with E-state index in [1.165, 1.54) is 16.7 Å². The van der Waals surface area contributed by atoms with Gasteiger partial charge in [-0.15, -0.1) is 0 Å². The number of benzene rings is 3. The Morgan fingerprint density at radius 3 is 1.00 bits per heavy atom. The predicted molar refractivity (Wildman–Crippen MR) is 98.2 cm³/mol. The van der Waals surface area contributed by atoms with Crippen molar-refractivity contribution in [3.63, 3.8) is 0 Å². The van der Waals surface area contributed by atoms with Gasteiger partial charge in [-0.1, -0.05) is 0 Å². The van der Waals surface area contributed by atoms with Crippen LogP contribution in [0.1, 0.15) is 16.7 Å². The Morgan fingerprint density at radius 2 is 0.727 bits per heavy atom. The summed E-state index contributed by atoms with van der Waals surface area (Å²) in [4.78, 5) is 0. The van der Waals surface area contributed by atoms with E-state index < -0.39 is 22.7 Å². The van der Waals surface area contributed by atoms with E-state index in [1.807, 2.05) is 0 Å². The number of aryl methyl sites for hydroxylation is 3. The number of hydrogen-bond acceptors (Lipinski definition) is 0. The zero-order valence-electron chi connectivity index (χ0n) is 13.5. The van der Waals surface area contributed by atoms with Gasteiger partial charge in [0, 0.05) is 0 Å². The topological polar surface area (TPSA) is 0 Å². The van der Waals surface area contributed by atoms with Gasteiger partial charge >= 0.3 is 142 Å². The van der Waals surface area contributed by atoms with Gasteiger partial charge in [0.2, 0.25) is 0 Å². The number of rotatable bonds is 3. The minimum atomic E-state index is -2.46. The molecule has 0 bridgehead atoms. The van der Waals surface area contributed by atoms with E-state index in [2.05, 4.69) is 93.6 Å².